The van der Waals surface area contributed by atoms with Crippen LogP contribution in [0.15, 0.2) is 47.6 Å². The normalized spacial score (nSPS) is 12.8. The van der Waals surface area contributed by atoms with Gasteiger partial charge in [0.05, 0.1) is 25.0 Å². The summed E-state index contributed by atoms with van der Waals surface area (Å²) in [5, 5.41) is 7.01. The fraction of sp³-hybridized carbons (Fsp3) is 0.333. The first-order chi connectivity index (χ1) is 19.3. The predicted molar refractivity (Wildman–Crippen MR) is 154 cm³/mol. The van der Waals surface area contributed by atoms with Crippen LogP contribution >= 0.6 is 11.3 Å². The van der Waals surface area contributed by atoms with Gasteiger partial charge in [-0.15, -0.1) is 11.3 Å². The Balaban J connectivity index is 1.41. The van der Waals surface area contributed by atoms with E-state index < -0.39 is 17.8 Å². The molecule has 0 aliphatic heterocycles. The number of methoxy groups -OCH3 is 1. The Hall–Kier alpha value is -4.18. The summed E-state index contributed by atoms with van der Waals surface area (Å²) >= 11 is 1.32. The maximum Gasteiger partial charge on any atom is 0.341 e. The molecule has 1 aliphatic carbocycles. The summed E-state index contributed by atoms with van der Waals surface area (Å²) < 4.78 is 16.6. The first-order valence-electron chi connectivity index (χ1n) is 13.1. The third kappa shape index (κ3) is 6.87. The highest BCUT2D eigenvalue weighted by molar-refractivity contribution is 7.17. The molecule has 4 rings (SSSR count). The average molecular weight is 564 g/mol. The van der Waals surface area contributed by atoms with E-state index in [1.54, 1.807) is 39.2 Å². The van der Waals surface area contributed by atoms with Gasteiger partial charge in [0.25, 0.3) is 0 Å². The highest BCUT2D eigenvalue weighted by Gasteiger charge is 2.28. The molecule has 0 unspecified atom stereocenters. The van der Waals surface area contributed by atoms with E-state index in [0.717, 1.165) is 41.7 Å². The molecule has 3 aromatic rings. The van der Waals surface area contributed by atoms with Crippen molar-refractivity contribution in [3.05, 3.63) is 75.2 Å². The van der Waals surface area contributed by atoms with Crippen molar-refractivity contribution in [3.8, 4) is 11.5 Å². The number of carbonyl (C=O) groups excluding carboxylic acids is 3. The zero-order valence-corrected chi connectivity index (χ0v) is 23.9. The van der Waals surface area contributed by atoms with Crippen LogP contribution in [0, 0.1) is 6.92 Å². The van der Waals surface area contributed by atoms with E-state index in [1.165, 1.54) is 16.9 Å². The third-order valence-corrected chi connectivity index (χ3v) is 7.71. The SMILES string of the molecule is CCOC(=O)c1c(NC(=O)C(=O)N/N=C(\C)c2ccc(OCc3ccc(C)cc3)c(OC)c2)sc2c1CCCC2. The summed E-state index contributed by atoms with van der Waals surface area (Å²) in [5.74, 6) is -1.29. The molecule has 9 nitrogen and oxygen atoms in total. The van der Waals surface area contributed by atoms with Gasteiger partial charge in [0, 0.05) is 10.4 Å². The molecule has 0 spiro atoms. The minimum absolute atomic E-state index is 0.218. The molecule has 0 atom stereocenters. The molecular formula is C30H33N3O6S. The number of rotatable bonds is 9. The molecule has 2 N–H and O–H groups in total. The van der Waals surface area contributed by atoms with Crippen molar-refractivity contribution >= 4 is 39.8 Å². The summed E-state index contributed by atoms with van der Waals surface area (Å²) in [5.41, 5.74) is 6.89. The van der Waals surface area contributed by atoms with Gasteiger partial charge >= 0.3 is 17.8 Å². The van der Waals surface area contributed by atoms with Crippen LogP contribution in [-0.4, -0.2) is 37.2 Å². The van der Waals surface area contributed by atoms with Crippen LogP contribution in [-0.2, 0) is 33.8 Å². The Kier molecular flexibility index (Phi) is 9.55. The van der Waals surface area contributed by atoms with Gasteiger partial charge in [-0.2, -0.15) is 5.10 Å². The maximum atomic E-state index is 12.7. The first-order valence-corrected chi connectivity index (χ1v) is 14.0. The number of aryl methyl sites for hydroxylation is 2. The highest BCUT2D eigenvalue weighted by atomic mass is 32.1. The van der Waals surface area contributed by atoms with Crippen molar-refractivity contribution in [1.82, 2.24) is 5.43 Å². The molecule has 0 fully saturated rings. The first kappa shape index (κ1) is 28.8. The van der Waals surface area contributed by atoms with Crippen molar-refractivity contribution in [2.45, 2.75) is 53.1 Å². The molecule has 1 heterocycles. The predicted octanol–water partition coefficient (Wildman–Crippen LogP) is 5.18. The quantitative estimate of drug-likeness (QED) is 0.161. The van der Waals surface area contributed by atoms with Crippen molar-refractivity contribution < 1.29 is 28.6 Å². The molecule has 0 saturated carbocycles. The van der Waals surface area contributed by atoms with Crippen LogP contribution in [0.4, 0.5) is 5.00 Å². The number of thiophene rings is 1. The highest BCUT2D eigenvalue weighted by Crippen LogP contribution is 2.38. The number of fused-ring (bicyclic) bond motifs is 1. The summed E-state index contributed by atoms with van der Waals surface area (Å²) in [6.45, 7) is 6.06. The van der Waals surface area contributed by atoms with E-state index in [9.17, 15) is 14.4 Å². The van der Waals surface area contributed by atoms with Crippen molar-refractivity contribution in [2.75, 3.05) is 19.0 Å². The Labute approximate surface area is 237 Å². The number of hydrazone groups is 1. The van der Waals surface area contributed by atoms with Crippen LogP contribution in [0.25, 0.3) is 0 Å². The smallest absolute Gasteiger partial charge is 0.341 e. The Morgan fingerprint density at radius 2 is 1.75 bits per heavy atom. The number of amides is 2. The molecular weight excluding hydrogens is 530 g/mol. The minimum Gasteiger partial charge on any atom is -0.493 e. The third-order valence-electron chi connectivity index (χ3n) is 6.51. The van der Waals surface area contributed by atoms with Crippen LogP contribution in [0.2, 0.25) is 0 Å². The molecule has 210 valence electrons. The monoisotopic (exact) mass is 563 g/mol. The zero-order valence-electron chi connectivity index (χ0n) is 23.1. The fourth-order valence-electron chi connectivity index (χ4n) is 4.34. The summed E-state index contributed by atoms with van der Waals surface area (Å²) in [6, 6.07) is 13.4. The van der Waals surface area contributed by atoms with Gasteiger partial charge in [0.1, 0.15) is 11.6 Å². The van der Waals surface area contributed by atoms with E-state index in [2.05, 4.69) is 15.8 Å². The number of benzene rings is 2. The van der Waals surface area contributed by atoms with Crippen LogP contribution in [0.1, 0.15) is 64.2 Å². The topological polar surface area (TPSA) is 115 Å². The van der Waals surface area contributed by atoms with Crippen LogP contribution in [0.3, 0.4) is 0 Å². The van der Waals surface area contributed by atoms with E-state index in [1.807, 2.05) is 31.2 Å². The number of esters is 1. The lowest BCUT2D eigenvalue weighted by atomic mass is 9.95. The standard InChI is InChI=1S/C30H33N3O6S/c1-5-38-30(36)26-22-8-6-7-9-25(22)40-29(26)31-27(34)28(35)33-32-19(3)21-14-15-23(24(16-21)37-4)39-17-20-12-10-18(2)11-13-20/h10-16H,5-9,17H2,1-4H3,(H,31,34)(H,33,35)/b32-19+. The van der Waals surface area contributed by atoms with Gasteiger partial charge in [0.2, 0.25) is 0 Å². The second-order valence-electron chi connectivity index (χ2n) is 9.37. The van der Waals surface area contributed by atoms with E-state index >= 15 is 0 Å². The minimum atomic E-state index is -0.953. The van der Waals surface area contributed by atoms with E-state index in [0.29, 0.717) is 39.9 Å². The van der Waals surface area contributed by atoms with E-state index in [-0.39, 0.29) is 6.61 Å². The van der Waals surface area contributed by atoms with Gasteiger partial charge in [0.15, 0.2) is 11.5 Å². The molecule has 2 amide bonds. The second kappa shape index (κ2) is 13.3. The van der Waals surface area contributed by atoms with Gasteiger partial charge in [-0.05, 0) is 75.8 Å². The van der Waals surface area contributed by atoms with Crippen LogP contribution in [0.5, 0.6) is 11.5 Å². The summed E-state index contributed by atoms with van der Waals surface area (Å²) in [7, 11) is 1.55. The zero-order chi connectivity index (χ0) is 28.6. The van der Waals surface area contributed by atoms with Gasteiger partial charge in [-0.1, -0.05) is 29.8 Å². The number of ether oxygens (including phenoxy) is 3. The number of nitrogens with one attached hydrogen (secondary N) is 2. The van der Waals surface area contributed by atoms with Crippen molar-refractivity contribution in [2.24, 2.45) is 5.10 Å². The summed E-state index contributed by atoms with van der Waals surface area (Å²) in [4.78, 5) is 38.9. The largest absolute Gasteiger partial charge is 0.493 e. The lowest BCUT2D eigenvalue weighted by Crippen LogP contribution is -2.33. The molecule has 40 heavy (non-hydrogen) atoms. The average Bonchev–Trinajstić information content (AvgIpc) is 3.33. The number of hydrogen-bond acceptors (Lipinski definition) is 8. The lowest BCUT2D eigenvalue weighted by molar-refractivity contribution is -0.136. The Morgan fingerprint density at radius 1 is 1.00 bits per heavy atom. The number of nitrogens with zero attached hydrogens (tertiary/aromatic N) is 1. The van der Waals surface area contributed by atoms with Crippen LogP contribution < -0.4 is 20.2 Å². The van der Waals surface area contributed by atoms with Gasteiger partial charge in [-0.3, -0.25) is 9.59 Å². The molecule has 10 heteroatoms. The molecule has 0 saturated heterocycles. The number of carbonyl (C=O) groups is 3. The lowest BCUT2D eigenvalue weighted by Gasteiger charge is -2.13. The summed E-state index contributed by atoms with van der Waals surface area (Å²) in [6.07, 6.45) is 3.55. The second-order valence-corrected chi connectivity index (χ2v) is 10.5. The van der Waals surface area contributed by atoms with Crippen molar-refractivity contribution in [3.63, 3.8) is 0 Å². The maximum absolute atomic E-state index is 12.7. The molecule has 0 radical (unpaired) electrons. The Morgan fingerprint density at radius 3 is 2.48 bits per heavy atom. The van der Waals surface area contributed by atoms with Gasteiger partial charge < -0.3 is 19.5 Å². The van der Waals surface area contributed by atoms with Crippen molar-refractivity contribution in [1.29, 1.82) is 0 Å². The molecule has 1 aliphatic rings. The number of hydrogen-bond donors (Lipinski definition) is 2. The molecule has 1 aromatic heterocycles. The molecule has 2 aromatic carbocycles. The van der Waals surface area contributed by atoms with E-state index in [4.69, 9.17) is 14.2 Å². The Bertz CT molecular complexity index is 1430. The fourth-order valence-corrected chi connectivity index (χ4v) is 5.61. The molecule has 0 bridgehead atoms. The van der Waals surface area contributed by atoms with Gasteiger partial charge in [-0.25, -0.2) is 10.2 Å². The number of anilines is 1.